The SMILES string of the molecule is CCOC(=O)C(C)C(CCc1cn(CC)nn1)c1ccc(C)c(CN2Cc3ccccc3OC(CC)C2)c1. The van der Waals surface area contributed by atoms with Gasteiger partial charge in [-0.1, -0.05) is 55.5 Å². The number of carbonyl (C=O) groups is 1. The molecule has 3 atom stereocenters. The molecule has 3 aromatic rings. The van der Waals surface area contributed by atoms with Gasteiger partial charge in [-0.3, -0.25) is 14.4 Å². The minimum atomic E-state index is -0.255. The number of ether oxygens (including phenoxy) is 2. The fourth-order valence-corrected chi connectivity index (χ4v) is 5.28. The molecule has 0 amide bonds. The van der Waals surface area contributed by atoms with E-state index in [1.54, 1.807) is 0 Å². The average molecular weight is 519 g/mol. The molecule has 2 aromatic carbocycles. The first-order valence-corrected chi connectivity index (χ1v) is 14.0. The lowest BCUT2D eigenvalue weighted by Crippen LogP contribution is -2.32. The highest BCUT2D eigenvalue weighted by molar-refractivity contribution is 5.73. The van der Waals surface area contributed by atoms with E-state index in [0.29, 0.717) is 6.61 Å². The Morgan fingerprint density at radius 3 is 2.74 bits per heavy atom. The molecule has 1 aliphatic rings. The van der Waals surface area contributed by atoms with E-state index in [2.05, 4.69) is 72.4 Å². The van der Waals surface area contributed by atoms with Crippen LogP contribution in [0.2, 0.25) is 0 Å². The van der Waals surface area contributed by atoms with Gasteiger partial charge in [0.05, 0.1) is 18.2 Å². The van der Waals surface area contributed by atoms with Crippen LogP contribution in [0.5, 0.6) is 5.75 Å². The molecule has 0 fully saturated rings. The van der Waals surface area contributed by atoms with Crippen LogP contribution in [0.4, 0.5) is 0 Å². The summed E-state index contributed by atoms with van der Waals surface area (Å²) in [5, 5.41) is 8.50. The van der Waals surface area contributed by atoms with Crippen LogP contribution in [0.3, 0.4) is 0 Å². The molecule has 4 rings (SSSR count). The Kier molecular flexibility index (Phi) is 9.56. The second kappa shape index (κ2) is 13.1. The van der Waals surface area contributed by atoms with Gasteiger partial charge < -0.3 is 9.47 Å². The van der Waals surface area contributed by atoms with Gasteiger partial charge in [-0.15, -0.1) is 5.10 Å². The van der Waals surface area contributed by atoms with E-state index in [4.69, 9.17) is 9.47 Å². The number of rotatable bonds is 11. The molecule has 0 aliphatic carbocycles. The lowest BCUT2D eigenvalue weighted by molar-refractivity contribution is -0.148. The summed E-state index contributed by atoms with van der Waals surface area (Å²) in [7, 11) is 0. The molecule has 0 saturated carbocycles. The van der Waals surface area contributed by atoms with Crippen molar-refractivity contribution in [2.24, 2.45) is 5.92 Å². The van der Waals surface area contributed by atoms with Crippen molar-refractivity contribution < 1.29 is 14.3 Å². The van der Waals surface area contributed by atoms with Gasteiger partial charge in [0.25, 0.3) is 0 Å². The molecule has 0 radical (unpaired) electrons. The Hall–Kier alpha value is -3.19. The van der Waals surface area contributed by atoms with E-state index >= 15 is 0 Å². The molecule has 1 aromatic heterocycles. The van der Waals surface area contributed by atoms with Crippen LogP contribution in [-0.2, 0) is 35.6 Å². The molecule has 0 spiro atoms. The predicted molar refractivity (Wildman–Crippen MR) is 149 cm³/mol. The van der Waals surface area contributed by atoms with Crippen molar-refractivity contribution in [1.82, 2.24) is 19.9 Å². The van der Waals surface area contributed by atoms with Crippen molar-refractivity contribution in [2.45, 2.75) is 85.5 Å². The minimum Gasteiger partial charge on any atom is -0.489 e. The summed E-state index contributed by atoms with van der Waals surface area (Å²) in [6, 6.07) is 15.0. The second-order valence-corrected chi connectivity index (χ2v) is 10.4. The van der Waals surface area contributed by atoms with Crippen LogP contribution >= 0.6 is 0 Å². The third-order valence-electron chi connectivity index (χ3n) is 7.66. The fraction of sp³-hybridized carbons (Fsp3) is 0.516. The van der Waals surface area contributed by atoms with Crippen LogP contribution in [-0.4, -0.2) is 45.1 Å². The number of fused-ring (bicyclic) bond motifs is 1. The third kappa shape index (κ3) is 6.81. The summed E-state index contributed by atoms with van der Waals surface area (Å²) < 4.78 is 13.6. The zero-order chi connectivity index (χ0) is 27.1. The van der Waals surface area contributed by atoms with Gasteiger partial charge >= 0.3 is 5.97 Å². The first-order chi connectivity index (χ1) is 18.4. The highest BCUT2D eigenvalue weighted by Gasteiger charge is 2.28. The predicted octanol–water partition coefficient (Wildman–Crippen LogP) is 5.70. The van der Waals surface area contributed by atoms with Crippen LogP contribution in [0, 0.1) is 12.8 Å². The highest BCUT2D eigenvalue weighted by Crippen LogP contribution is 2.33. The van der Waals surface area contributed by atoms with Crippen molar-refractivity contribution in [2.75, 3.05) is 13.2 Å². The highest BCUT2D eigenvalue weighted by atomic mass is 16.5. The van der Waals surface area contributed by atoms with Crippen LogP contribution in [0.15, 0.2) is 48.7 Å². The van der Waals surface area contributed by atoms with E-state index in [9.17, 15) is 4.79 Å². The Morgan fingerprint density at radius 1 is 1.18 bits per heavy atom. The molecule has 7 nitrogen and oxygen atoms in total. The van der Waals surface area contributed by atoms with Crippen LogP contribution in [0.1, 0.15) is 74.4 Å². The summed E-state index contributed by atoms with van der Waals surface area (Å²) in [5.74, 6) is 0.617. The summed E-state index contributed by atoms with van der Waals surface area (Å²) >= 11 is 0. The zero-order valence-corrected chi connectivity index (χ0v) is 23.5. The number of aromatic nitrogens is 3. The van der Waals surface area contributed by atoms with Gasteiger partial charge in [-0.25, -0.2) is 0 Å². The molecule has 1 aliphatic heterocycles. The average Bonchev–Trinajstić information content (AvgIpc) is 3.30. The number of nitrogens with zero attached hydrogens (tertiary/aromatic N) is 4. The van der Waals surface area contributed by atoms with Crippen molar-refractivity contribution >= 4 is 5.97 Å². The molecule has 3 unspecified atom stereocenters. The van der Waals surface area contributed by atoms with Gasteiger partial charge in [0.15, 0.2) is 0 Å². The maximum absolute atomic E-state index is 12.8. The summed E-state index contributed by atoms with van der Waals surface area (Å²) in [6.45, 7) is 14.0. The van der Waals surface area contributed by atoms with E-state index in [1.165, 1.54) is 22.3 Å². The monoisotopic (exact) mass is 518 g/mol. The Labute approximate surface area is 227 Å². The number of hydrogen-bond acceptors (Lipinski definition) is 6. The molecule has 7 heteroatoms. The van der Waals surface area contributed by atoms with Gasteiger partial charge in [0.2, 0.25) is 0 Å². The third-order valence-corrected chi connectivity index (χ3v) is 7.66. The number of hydrogen-bond donors (Lipinski definition) is 0. The summed E-state index contributed by atoms with van der Waals surface area (Å²) in [5.41, 5.74) is 5.90. The Balaban J connectivity index is 1.58. The Morgan fingerprint density at radius 2 is 2.00 bits per heavy atom. The van der Waals surface area contributed by atoms with Gasteiger partial charge in [0, 0.05) is 37.9 Å². The van der Waals surface area contributed by atoms with Crippen molar-refractivity contribution in [1.29, 1.82) is 0 Å². The number of carbonyl (C=O) groups excluding carboxylic acids is 1. The number of esters is 1. The van der Waals surface area contributed by atoms with E-state index < -0.39 is 0 Å². The molecular weight excluding hydrogens is 476 g/mol. The number of benzene rings is 2. The minimum absolute atomic E-state index is 0.0248. The first kappa shape index (κ1) is 27.8. The van der Waals surface area contributed by atoms with Crippen molar-refractivity contribution in [3.8, 4) is 5.75 Å². The van der Waals surface area contributed by atoms with Crippen LogP contribution < -0.4 is 4.74 Å². The summed E-state index contributed by atoms with van der Waals surface area (Å²) in [4.78, 5) is 15.3. The molecule has 0 bridgehead atoms. The number of aryl methyl sites for hydroxylation is 3. The topological polar surface area (TPSA) is 69.5 Å². The molecular formula is C31H42N4O3. The van der Waals surface area contributed by atoms with Gasteiger partial charge in [0.1, 0.15) is 11.9 Å². The first-order valence-electron chi connectivity index (χ1n) is 14.0. The normalized spacial score (nSPS) is 17.2. The van der Waals surface area contributed by atoms with Crippen molar-refractivity contribution in [3.05, 3.63) is 76.6 Å². The molecule has 0 saturated heterocycles. The molecule has 0 N–H and O–H groups in total. The summed E-state index contributed by atoms with van der Waals surface area (Å²) in [6.07, 6.45) is 4.68. The van der Waals surface area contributed by atoms with E-state index in [1.807, 2.05) is 30.8 Å². The molecule has 2 heterocycles. The zero-order valence-electron chi connectivity index (χ0n) is 23.5. The van der Waals surface area contributed by atoms with Crippen LogP contribution in [0.25, 0.3) is 0 Å². The standard InChI is InChI=1S/C31H42N4O3/c1-6-28-21-34(18-25-11-9-10-12-30(25)38-28)19-26-17-24(14-13-22(26)4)29(23(5)31(36)37-8-3)16-15-27-20-35(7-2)33-32-27/h9-14,17,20,23,28-29H,6-8,15-16,18-19,21H2,1-5H3. The maximum Gasteiger partial charge on any atom is 0.309 e. The van der Waals surface area contributed by atoms with Gasteiger partial charge in [-0.2, -0.15) is 0 Å². The fourth-order valence-electron chi connectivity index (χ4n) is 5.28. The largest absolute Gasteiger partial charge is 0.489 e. The van der Waals surface area contributed by atoms with Gasteiger partial charge in [-0.05, 0) is 68.7 Å². The van der Waals surface area contributed by atoms with E-state index in [0.717, 1.165) is 56.9 Å². The van der Waals surface area contributed by atoms with E-state index in [-0.39, 0.29) is 23.9 Å². The molecule has 204 valence electrons. The lowest BCUT2D eigenvalue weighted by Gasteiger charge is -2.26. The Bertz CT molecular complexity index is 1210. The van der Waals surface area contributed by atoms with Crippen molar-refractivity contribution in [3.63, 3.8) is 0 Å². The molecule has 38 heavy (non-hydrogen) atoms. The maximum atomic E-state index is 12.8. The second-order valence-electron chi connectivity index (χ2n) is 10.4. The lowest BCUT2D eigenvalue weighted by atomic mass is 9.82. The number of para-hydroxylation sites is 1. The smallest absolute Gasteiger partial charge is 0.309 e. The quantitative estimate of drug-likeness (QED) is 0.304.